The van der Waals surface area contributed by atoms with Crippen molar-refractivity contribution in [2.45, 2.75) is 25.2 Å². The number of carbonyl (C=O) groups excluding carboxylic acids is 1. The average molecular weight is 305 g/mol. The normalized spacial score (nSPS) is 12.8. The molecule has 0 aliphatic carbocycles. The van der Waals surface area contributed by atoms with E-state index in [9.17, 15) is 22.8 Å². The second-order valence-corrected chi connectivity index (χ2v) is 4.27. The van der Waals surface area contributed by atoms with Crippen LogP contribution in [0.2, 0.25) is 0 Å². The van der Waals surface area contributed by atoms with E-state index in [2.05, 4.69) is 0 Å². The van der Waals surface area contributed by atoms with Crippen LogP contribution in [-0.4, -0.2) is 36.3 Å². The highest BCUT2D eigenvalue weighted by Gasteiger charge is 2.36. The Kier molecular flexibility index (Phi) is 5.71. The third-order valence-corrected chi connectivity index (χ3v) is 2.60. The van der Waals surface area contributed by atoms with Gasteiger partial charge in [0.05, 0.1) is 13.0 Å². The van der Waals surface area contributed by atoms with Crippen molar-refractivity contribution in [3.63, 3.8) is 0 Å². The number of benzene rings is 1. The number of hydrogen-bond acceptors (Lipinski definition) is 3. The number of carbonyl (C=O) groups is 2. The molecule has 5 nitrogen and oxygen atoms in total. The van der Waals surface area contributed by atoms with E-state index in [1.807, 2.05) is 5.32 Å². The molecule has 0 radical (unpaired) electrons. The Morgan fingerprint density at radius 2 is 1.95 bits per heavy atom. The number of ether oxygens (including phenoxy) is 1. The van der Waals surface area contributed by atoms with Gasteiger partial charge in [0.25, 0.3) is 5.91 Å². The van der Waals surface area contributed by atoms with Crippen LogP contribution in [0, 0.1) is 0 Å². The molecule has 0 saturated heterocycles. The van der Waals surface area contributed by atoms with Gasteiger partial charge in [0.1, 0.15) is 6.04 Å². The number of amides is 1. The van der Waals surface area contributed by atoms with Crippen molar-refractivity contribution < 1.29 is 32.6 Å². The maximum absolute atomic E-state index is 12.3. The lowest BCUT2D eigenvalue weighted by molar-refractivity contribution is -0.157. The number of halogens is 3. The van der Waals surface area contributed by atoms with E-state index in [0.717, 1.165) is 0 Å². The summed E-state index contributed by atoms with van der Waals surface area (Å²) in [5, 5.41) is 10.6. The Labute approximate surface area is 118 Å². The first-order chi connectivity index (χ1) is 9.74. The first-order valence-electron chi connectivity index (χ1n) is 5.92. The molecule has 1 aromatic carbocycles. The van der Waals surface area contributed by atoms with Gasteiger partial charge in [-0.3, -0.25) is 4.79 Å². The zero-order valence-corrected chi connectivity index (χ0v) is 11.1. The molecule has 0 saturated carbocycles. The van der Waals surface area contributed by atoms with Crippen molar-refractivity contribution >= 4 is 11.9 Å². The second-order valence-electron chi connectivity index (χ2n) is 4.27. The van der Waals surface area contributed by atoms with E-state index in [0.29, 0.717) is 5.56 Å². The Morgan fingerprint density at radius 1 is 1.33 bits per heavy atom. The zero-order chi connectivity index (χ0) is 16.0. The third kappa shape index (κ3) is 5.42. The molecule has 1 aromatic rings. The summed E-state index contributed by atoms with van der Waals surface area (Å²) in [6, 6.07) is 4.07. The summed E-state index contributed by atoms with van der Waals surface area (Å²) in [5.74, 6) is -2.64. The van der Waals surface area contributed by atoms with Gasteiger partial charge in [-0.05, 0) is 11.6 Å². The summed E-state index contributed by atoms with van der Waals surface area (Å²) >= 11 is 0. The van der Waals surface area contributed by atoms with Crippen molar-refractivity contribution in [3.05, 3.63) is 35.4 Å². The summed E-state index contributed by atoms with van der Waals surface area (Å²) in [6.07, 6.45) is -6.33. The SMILES string of the molecule is COCc1ccccc1C(=O)NC(CC(F)(F)F)C(=O)O. The van der Waals surface area contributed by atoms with Crippen molar-refractivity contribution in [2.75, 3.05) is 7.11 Å². The quantitative estimate of drug-likeness (QED) is 0.842. The number of methoxy groups -OCH3 is 1. The van der Waals surface area contributed by atoms with Crippen LogP contribution in [-0.2, 0) is 16.1 Å². The predicted octanol–water partition coefficient (Wildman–Crippen LogP) is 1.97. The molecule has 0 aliphatic rings. The molecule has 2 N–H and O–H groups in total. The monoisotopic (exact) mass is 305 g/mol. The summed E-state index contributed by atoms with van der Waals surface area (Å²) in [4.78, 5) is 22.8. The highest BCUT2D eigenvalue weighted by Crippen LogP contribution is 2.22. The summed E-state index contributed by atoms with van der Waals surface area (Å²) in [5.41, 5.74) is 0.529. The van der Waals surface area contributed by atoms with Crippen LogP contribution in [0.3, 0.4) is 0 Å². The lowest BCUT2D eigenvalue weighted by atomic mass is 10.1. The fourth-order valence-electron chi connectivity index (χ4n) is 1.69. The maximum Gasteiger partial charge on any atom is 0.391 e. The van der Waals surface area contributed by atoms with Gasteiger partial charge < -0.3 is 15.2 Å². The molecule has 1 atom stereocenters. The molecule has 1 amide bonds. The van der Waals surface area contributed by atoms with E-state index in [1.165, 1.54) is 19.2 Å². The number of carboxylic acids is 1. The van der Waals surface area contributed by atoms with Gasteiger partial charge in [-0.2, -0.15) is 13.2 Å². The van der Waals surface area contributed by atoms with E-state index < -0.39 is 30.5 Å². The minimum atomic E-state index is -4.69. The number of alkyl halides is 3. The van der Waals surface area contributed by atoms with Crippen LogP contribution in [0.15, 0.2) is 24.3 Å². The minimum Gasteiger partial charge on any atom is -0.480 e. The number of hydrogen-bond donors (Lipinski definition) is 2. The van der Waals surface area contributed by atoms with Gasteiger partial charge in [-0.1, -0.05) is 18.2 Å². The van der Waals surface area contributed by atoms with Gasteiger partial charge in [0, 0.05) is 12.7 Å². The fourth-order valence-corrected chi connectivity index (χ4v) is 1.69. The van der Waals surface area contributed by atoms with Crippen LogP contribution in [0.4, 0.5) is 13.2 Å². The average Bonchev–Trinajstić information content (AvgIpc) is 2.37. The second kappa shape index (κ2) is 7.07. The molecule has 116 valence electrons. The topological polar surface area (TPSA) is 75.6 Å². The number of aliphatic carboxylic acids is 1. The van der Waals surface area contributed by atoms with Crippen molar-refractivity contribution in [2.24, 2.45) is 0 Å². The van der Waals surface area contributed by atoms with Crippen LogP contribution in [0.5, 0.6) is 0 Å². The lowest BCUT2D eigenvalue weighted by Gasteiger charge is -2.17. The zero-order valence-electron chi connectivity index (χ0n) is 11.1. The fraction of sp³-hybridized carbons (Fsp3) is 0.385. The van der Waals surface area contributed by atoms with E-state index >= 15 is 0 Å². The van der Waals surface area contributed by atoms with Crippen molar-refractivity contribution in [3.8, 4) is 0 Å². The Morgan fingerprint density at radius 3 is 2.48 bits per heavy atom. The molecular weight excluding hydrogens is 291 g/mol. The van der Waals surface area contributed by atoms with Gasteiger partial charge >= 0.3 is 12.1 Å². The summed E-state index contributed by atoms with van der Waals surface area (Å²) < 4.78 is 41.7. The van der Waals surface area contributed by atoms with E-state index in [4.69, 9.17) is 9.84 Å². The molecule has 0 fully saturated rings. The largest absolute Gasteiger partial charge is 0.480 e. The van der Waals surface area contributed by atoms with Crippen LogP contribution in [0.1, 0.15) is 22.3 Å². The van der Waals surface area contributed by atoms with E-state index in [-0.39, 0.29) is 12.2 Å². The van der Waals surface area contributed by atoms with Crippen LogP contribution < -0.4 is 5.32 Å². The standard InChI is InChI=1S/C13H14F3NO4/c1-21-7-8-4-2-3-5-9(8)11(18)17-10(12(19)20)6-13(14,15)16/h2-5,10H,6-7H2,1H3,(H,17,18)(H,19,20). The Balaban J connectivity index is 2.90. The smallest absolute Gasteiger partial charge is 0.391 e. The Hall–Kier alpha value is -2.09. The van der Waals surface area contributed by atoms with E-state index in [1.54, 1.807) is 12.1 Å². The van der Waals surface area contributed by atoms with Crippen molar-refractivity contribution in [1.82, 2.24) is 5.32 Å². The van der Waals surface area contributed by atoms with Gasteiger partial charge in [-0.15, -0.1) is 0 Å². The van der Waals surface area contributed by atoms with Crippen LogP contribution >= 0.6 is 0 Å². The summed E-state index contributed by atoms with van der Waals surface area (Å²) in [6.45, 7) is 0.0839. The summed E-state index contributed by atoms with van der Waals surface area (Å²) in [7, 11) is 1.40. The molecule has 1 rings (SSSR count). The molecule has 0 spiro atoms. The molecule has 8 heteroatoms. The van der Waals surface area contributed by atoms with Gasteiger partial charge in [-0.25, -0.2) is 4.79 Å². The molecule has 21 heavy (non-hydrogen) atoms. The molecule has 1 unspecified atom stereocenters. The molecule has 0 aromatic heterocycles. The van der Waals surface area contributed by atoms with Gasteiger partial charge in [0.2, 0.25) is 0 Å². The maximum atomic E-state index is 12.3. The minimum absolute atomic E-state index is 0.0766. The van der Waals surface area contributed by atoms with Gasteiger partial charge in [0.15, 0.2) is 0 Å². The molecule has 0 heterocycles. The number of carboxylic acid groups (broad SMARTS) is 1. The van der Waals surface area contributed by atoms with Crippen molar-refractivity contribution in [1.29, 1.82) is 0 Å². The highest BCUT2D eigenvalue weighted by molar-refractivity contribution is 5.97. The lowest BCUT2D eigenvalue weighted by Crippen LogP contribution is -2.43. The molecular formula is C13H14F3NO4. The number of rotatable bonds is 6. The first kappa shape index (κ1) is 17.0. The molecule has 0 aliphatic heterocycles. The number of nitrogens with one attached hydrogen (secondary N) is 1. The molecule has 0 bridgehead atoms. The highest BCUT2D eigenvalue weighted by atomic mass is 19.4. The predicted molar refractivity (Wildman–Crippen MR) is 66.7 cm³/mol. The third-order valence-electron chi connectivity index (χ3n) is 2.60. The first-order valence-corrected chi connectivity index (χ1v) is 5.92. The van der Waals surface area contributed by atoms with Crippen LogP contribution in [0.25, 0.3) is 0 Å². The Bertz CT molecular complexity index is 516.